The van der Waals surface area contributed by atoms with Crippen LogP contribution in [0.2, 0.25) is 19.6 Å². The SMILES string of the molecule is C[Si](C)(C)c1ccc(-c2ccc(-c3ccc(-c4ccc5ccccc5n4)cc3)cc2)cc1. The molecule has 5 aromatic rings. The zero-order valence-electron chi connectivity index (χ0n) is 18.8. The Morgan fingerprint density at radius 3 is 1.47 bits per heavy atom. The van der Waals surface area contributed by atoms with Crippen LogP contribution < -0.4 is 5.19 Å². The van der Waals surface area contributed by atoms with E-state index in [0.29, 0.717) is 0 Å². The van der Waals surface area contributed by atoms with Crippen molar-refractivity contribution in [1.82, 2.24) is 4.98 Å². The summed E-state index contributed by atoms with van der Waals surface area (Å²) >= 11 is 0. The van der Waals surface area contributed by atoms with Gasteiger partial charge in [0, 0.05) is 10.9 Å². The van der Waals surface area contributed by atoms with Crippen LogP contribution in [-0.4, -0.2) is 13.1 Å². The van der Waals surface area contributed by atoms with E-state index in [1.54, 1.807) is 0 Å². The third-order valence-electron chi connectivity index (χ3n) is 6.08. The Labute approximate surface area is 191 Å². The molecule has 1 heterocycles. The van der Waals surface area contributed by atoms with Crippen molar-refractivity contribution in [2.75, 3.05) is 0 Å². The molecule has 0 amide bonds. The van der Waals surface area contributed by atoms with E-state index < -0.39 is 8.07 Å². The van der Waals surface area contributed by atoms with Gasteiger partial charge in [0.1, 0.15) is 0 Å². The van der Waals surface area contributed by atoms with Crippen molar-refractivity contribution in [2.45, 2.75) is 19.6 Å². The molecule has 0 bridgehead atoms. The maximum absolute atomic E-state index is 4.82. The van der Waals surface area contributed by atoms with E-state index in [-0.39, 0.29) is 0 Å². The summed E-state index contributed by atoms with van der Waals surface area (Å²) in [6, 6.07) is 39.2. The number of pyridine rings is 1. The van der Waals surface area contributed by atoms with Gasteiger partial charge in [0.2, 0.25) is 0 Å². The van der Waals surface area contributed by atoms with Gasteiger partial charge in [0.05, 0.1) is 19.3 Å². The van der Waals surface area contributed by atoms with Crippen molar-refractivity contribution in [2.24, 2.45) is 0 Å². The van der Waals surface area contributed by atoms with Gasteiger partial charge in [-0.05, 0) is 34.4 Å². The summed E-state index contributed by atoms with van der Waals surface area (Å²) in [6.45, 7) is 7.16. The van der Waals surface area contributed by atoms with Gasteiger partial charge < -0.3 is 0 Å². The van der Waals surface area contributed by atoms with Crippen LogP contribution >= 0.6 is 0 Å². The lowest BCUT2D eigenvalue weighted by molar-refractivity contribution is 1.40. The van der Waals surface area contributed by atoms with E-state index in [1.807, 2.05) is 12.1 Å². The number of benzene rings is 4. The van der Waals surface area contributed by atoms with Crippen LogP contribution in [-0.2, 0) is 0 Å². The zero-order valence-corrected chi connectivity index (χ0v) is 19.8. The average Bonchev–Trinajstić information content (AvgIpc) is 2.83. The minimum atomic E-state index is -1.26. The molecule has 0 N–H and O–H groups in total. The van der Waals surface area contributed by atoms with Gasteiger partial charge in [-0.1, -0.05) is 122 Å². The molecule has 0 saturated heterocycles. The van der Waals surface area contributed by atoms with Gasteiger partial charge in [-0.3, -0.25) is 0 Å². The van der Waals surface area contributed by atoms with E-state index in [4.69, 9.17) is 4.98 Å². The lowest BCUT2D eigenvalue weighted by Gasteiger charge is -2.16. The van der Waals surface area contributed by atoms with Crippen molar-refractivity contribution in [3.05, 3.63) is 109 Å². The van der Waals surface area contributed by atoms with E-state index in [9.17, 15) is 0 Å². The first-order valence-corrected chi connectivity index (χ1v) is 14.6. The quantitative estimate of drug-likeness (QED) is 0.266. The molecular weight excluding hydrogens is 402 g/mol. The van der Waals surface area contributed by atoms with Crippen LogP contribution in [0.3, 0.4) is 0 Å². The summed E-state index contributed by atoms with van der Waals surface area (Å²) in [6.07, 6.45) is 0. The Balaban J connectivity index is 1.37. The maximum Gasteiger partial charge on any atom is 0.0775 e. The highest BCUT2D eigenvalue weighted by atomic mass is 28.3. The zero-order chi connectivity index (χ0) is 22.1. The topological polar surface area (TPSA) is 12.9 Å². The van der Waals surface area contributed by atoms with Crippen LogP contribution in [0.25, 0.3) is 44.4 Å². The summed E-state index contributed by atoms with van der Waals surface area (Å²) in [5, 5.41) is 2.67. The summed E-state index contributed by atoms with van der Waals surface area (Å²) in [5.41, 5.74) is 8.15. The molecule has 2 heteroatoms. The molecule has 0 unspecified atom stereocenters. The summed E-state index contributed by atoms with van der Waals surface area (Å²) < 4.78 is 0. The lowest BCUT2D eigenvalue weighted by atomic mass is 9.99. The molecule has 1 aromatic heterocycles. The molecule has 5 rings (SSSR count). The highest BCUT2D eigenvalue weighted by molar-refractivity contribution is 6.88. The van der Waals surface area contributed by atoms with Crippen LogP contribution in [0.4, 0.5) is 0 Å². The molecule has 0 aliphatic carbocycles. The first kappa shape index (κ1) is 20.4. The van der Waals surface area contributed by atoms with Crippen molar-refractivity contribution in [1.29, 1.82) is 0 Å². The second-order valence-corrected chi connectivity index (χ2v) is 14.4. The first-order valence-electron chi connectivity index (χ1n) is 11.1. The monoisotopic (exact) mass is 429 g/mol. The van der Waals surface area contributed by atoms with Crippen LogP contribution in [0.1, 0.15) is 0 Å². The van der Waals surface area contributed by atoms with E-state index in [0.717, 1.165) is 16.8 Å². The fraction of sp³-hybridized carbons (Fsp3) is 0.100. The third kappa shape index (κ3) is 4.14. The molecule has 0 radical (unpaired) electrons. The van der Waals surface area contributed by atoms with Gasteiger partial charge in [0.25, 0.3) is 0 Å². The predicted octanol–water partition coefficient (Wildman–Crippen LogP) is 7.78. The van der Waals surface area contributed by atoms with E-state index >= 15 is 0 Å². The van der Waals surface area contributed by atoms with Crippen molar-refractivity contribution >= 4 is 24.2 Å². The Hall–Kier alpha value is -3.49. The first-order chi connectivity index (χ1) is 15.5. The number of nitrogens with zero attached hydrogens (tertiary/aromatic N) is 1. The number of hydrogen-bond donors (Lipinski definition) is 0. The van der Waals surface area contributed by atoms with Gasteiger partial charge in [-0.2, -0.15) is 0 Å². The molecule has 0 aliphatic heterocycles. The summed E-state index contributed by atoms with van der Waals surface area (Å²) in [7, 11) is -1.26. The van der Waals surface area contributed by atoms with Crippen LogP contribution in [0, 0.1) is 0 Å². The van der Waals surface area contributed by atoms with Gasteiger partial charge in [-0.15, -0.1) is 0 Å². The molecule has 0 aliphatic rings. The smallest absolute Gasteiger partial charge is 0.0775 e. The average molecular weight is 430 g/mol. The highest BCUT2D eigenvalue weighted by Gasteiger charge is 2.15. The number of fused-ring (bicyclic) bond motifs is 1. The fourth-order valence-electron chi connectivity index (χ4n) is 4.08. The van der Waals surface area contributed by atoms with Gasteiger partial charge >= 0.3 is 0 Å². The molecule has 0 atom stereocenters. The second-order valence-electron chi connectivity index (χ2n) is 9.37. The molecule has 32 heavy (non-hydrogen) atoms. The van der Waals surface area contributed by atoms with Crippen molar-refractivity contribution in [3.63, 3.8) is 0 Å². The lowest BCUT2D eigenvalue weighted by Crippen LogP contribution is -2.37. The molecule has 0 saturated carbocycles. The Morgan fingerprint density at radius 2 is 0.938 bits per heavy atom. The van der Waals surface area contributed by atoms with Crippen LogP contribution in [0.15, 0.2) is 109 Å². The fourth-order valence-corrected chi connectivity index (χ4v) is 5.24. The highest BCUT2D eigenvalue weighted by Crippen LogP contribution is 2.27. The molecule has 0 spiro atoms. The summed E-state index contributed by atoms with van der Waals surface area (Å²) in [4.78, 5) is 4.82. The Kier molecular flexibility index (Phi) is 5.24. The second kappa shape index (κ2) is 8.21. The molecule has 156 valence electrons. The maximum atomic E-state index is 4.82. The predicted molar refractivity (Wildman–Crippen MR) is 141 cm³/mol. The van der Waals surface area contributed by atoms with Crippen molar-refractivity contribution < 1.29 is 0 Å². The molecule has 0 fully saturated rings. The Bertz CT molecular complexity index is 1360. The number of para-hydroxylation sites is 1. The molecule has 1 nitrogen and oxygen atoms in total. The number of rotatable bonds is 4. The number of aromatic nitrogens is 1. The Morgan fingerprint density at radius 1 is 0.469 bits per heavy atom. The minimum absolute atomic E-state index is 1.01. The van der Waals surface area contributed by atoms with Gasteiger partial charge in [-0.25, -0.2) is 4.98 Å². The van der Waals surface area contributed by atoms with Crippen molar-refractivity contribution in [3.8, 4) is 33.5 Å². The molecule has 4 aromatic carbocycles. The number of hydrogen-bond acceptors (Lipinski definition) is 1. The van der Waals surface area contributed by atoms with E-state index in [2.05, 4.69) is 117 Å². The normalized spacial score (nSPS) is 11.6. The van der Waals surface area contributed by atoms with Crippen LogP contribution in [0.5, 0.6) is 0 Å². The summed E-state index contributed by atoms with van der Waals surface area (Å²) in [5.74, 6) is 0. The van der Waals surface area contributed by atoms with E-state index in [1.165, 1.54) is 32.8 Å². The largest absolute Gasteiger partial charge is 0.248 e. The third-order valence-corrected chi connectivity index (χ3v) is 8.15. The molecular formula is C30H27NSi. The van der Waals surface area contributed by atoms with Gasteiger partial charge in [0.15, 0.2) is 0 Å². The standard InChI is InChI=1S/C30H27NSi/c1-32(2,3)28-19-16-25(17-20-28)23-10-8-22(9-11-23)24-12-14-27(15-13-24)30-21-18-26-6-4-5-7-29(26)31-30/h4-21H,1-3H3. The minimum Gasteiger partial charge on any atom is -0.248 e.